The quantitative estimate of drug-likeness (QED) is 0.786. The zero-order chi connectivity index (χ0) is 16.1. The van der Waals surface area contributed by atoms with Crippen LogP contribution in [0, 0.1) is 5.92 Å². The summed E-state index contributed by atoms with van der Waals surface area (Å²) in [5.74, 6) is 0.447. The fraction of sp³-hybridized carbons (Fsp3) is 0.588. The lowest BCUT2D eigenvalue weighted by Gasteiger charge is -2.29. The van der Waals surface area contributed by atoms with E-state index in [0.717, 1.165) is 32.7 Å². The summed E-state index contributed by atoms with van der Waals surface area (Å²) in [5.41, 5.74) is 0.348. The van der Waals surface area contributed by atoms with Gasteiger partial charge >= 0.3 is 0 Å². The van der Waals surface area contributed by atoms with E-state index in [0.29, 0.717) is 11.3 Å². The second-order valence-electron chi connectivity index (χ2n) is 6.16. The van der Waals surface area contributed by atoms with E-state index in [1.807, 2.05) is 20.8 Å². The molecule has 0 radical (unpaired) electrons. The van der Waals surface area contributed by atoms with Crippen LogP contribution in [0.25, 0.3) is 0 Å². The second kappa shape index (κ2) is 7.61. The molecule has 1 aliphatic rings. The van der Waals surface area contributed by atoms with Gasteiger partial charge in [0.05, 0.1) is 11.7 Å². The van der Waals surface area contributed by atoms with Gasteiger partial charge in [-0.3, -0.25) is 4.79 Å². The maximum atomic E-state index is 12.6. The average molecular weight is 306 g/mol. The fourth-order valence-electron chi connectivity index (χ4n) is 2.69. The first-order valence-electron chi connectivity index (χ1n) is 7.94. The molecule has 0 bridgehead atoms. The van der Waals surface area contributed by atoms with Gasteiger partial charge in [-0.05, 0) is 32.0 Å². The maximum Gasteiger partial charge on any atom is 0.170 e. The summed E-state index contributed by atoms with van der Waals surface area (Å²) in [6.45, 7) is 10.3. The van der Waals surface area contributed by atoms with Gasteiger partial charge in [-0.1, -0.05) is 6.92 Å². The average Bonchev–Trinajstić information content (AvgIpc) is 2.49. The van der Waals surface area contributed by atoms with E-state index < -0.39 is 0 Å². The van der Waals surface area contributed by atoms with Crippen molar-refractivity contribution in [2.75, 3.05) is 32.7 Å². The number of carbonyl (C=O) groups is 1. The lowest BCUT2D eigenvalue weighted by molar-refractivity contribution is 0.0884. The first-order valence-corrected chi connectivity index (χ1v) is 7.94. The standard InChI is InChI=1S/C17H26N2O3/c1-12(2)22-14-4-5-16(20)15(10-14)17(21)13(3)11-19-8-6-18-7-9-19/h4-5,10,12-13,18,20H,6-9,11H2,1-3H3. The van der Waals surface area contributed by atoms with Gasteiger partial charge in [0.2, 0.25) is 0 Å². The molecule has 1 fully saturated rings. The number of nitrogens with one attached hydrogen (secondary N) is 1. The zero-order valence-electron chi connectivity index (χ0n) is 13.6. The van der Waals surface area contributed by atoms with Crippen LogP contribution < -0.4 is 10.1 Å². The molecule has 1 heterocycles. The number of ether oxygens (including phenoxy) is 1. The number of hydrogen-bond acceptors (Lipinski definition) is 5. The summed E-state index contributed by atoms with van der Waals surface area (Å²) >= 11 is 0. The van der Waals surface area contributed by atoms with Crippen molar-refractivity contribution in [3.05, 3.63) is 23.8 Å². The third kappa shape index (κ3) is 4.45. The summed E-state index contributed by atoms with van der Waals surface area (Å²) < 4.78 is 5.61. The van der Waals surface area contributed by atoms with Crippen LogP contribution in [-0.4, -0.2) is 54.6 Å². The molecule has 1 aliphatic heterocycles. The van der Waals surface area contributed by atoms with Crippen LogP contribution in [0.15, 0.2) is 18.2 Å². The summed E-state index contributed by atoms with van der Waals surface area (Å²) in [7, 11) is 0. The van der Waals surface area contributed by atoms with E-state index in [9.17, 15) is 9.90 Å². The largest absolute Gasteiger partial charge is 0.507 e. The highest BCUT2D eigenvalue weighted by Gasteiger charge is 2.22. The monoisotopic (exact) mass is 306 g/mol. The Bertz CT molecular complexity index is 511. The number of nitrogens with zero attached hydrogens (tertiary/aromatic N) is 1. The van der Waals surface area contributed by atoms with E-state index in [4.69, 9.17) is 4.74 Å². The van der Waals surface area contributed by atoms with Crippen molar-refractivity contribution in [1.82, 2.24) is 10.2 Å². The first kappa shape index (κ1) is 16.8. The molecule has 1 aromatic carbocycles. The summed E-state index contributed by atoms with van der Waals surface area (Å²) in [6, 6.07) is 4.86. The number of hydrogen-bond donors (Lipinski definition) is 2. The third-order valence-electron chi connectivity index (χ3n) is 3.79. The van der Waals surface area contributed by atoms with Crippen LogP contribution in [0.3, 0.4) is 0 Å². The first-order chi connectivity index (χ1) is 10.5. The molecule has 1 aromatic rings. The fourth-order valence-corrected chi connectivity index (χ4v) is 2.69. The molecule has 2 rings (SSSR count). The predicted molar refractivity (Wildman–Crippen MR) is 86.7 cm³/mol. The Kier molecular flexibility index (Phi) is 5.80. The summed E-state index contributed by atoms with van der Waals surface area (Å²) in [4.78, 5) is 14.9. The highest BCUT2D eigenvalue weighted by Crippen LogP contribution is 2.26. The van der Waals surface area contributed by atoms with E-state index in [2.05, 4.69) is 10.2 Å². The van der Waals surface area contributed by atoms with Crippen molar-refractivity contribution < 1.29 is 14.6 Å². The van der Waals surface area contributed by atoms with E-state index in [-0.39, 0.29) is 23.6 Å². The molecular weight excluding hydrogens is 280 g/mol. The van der Waals surface area contributed by atoms with Crippen molar-refractivity contribution in [3.63, 3.8) is 0 Å². The molecule has 0 aromatic heterocycles. The SMILES string of the molecule is CC(C)Oc1ccc(O)c(C(=O)C(C)CN2CCNCC2)c1. The van der Waals surface area contributed by atoms with Gasteiger partial charge in [0, 0.05) is 38.6 Å². The Hall–Kier alpha value is -1.59. The molecule has 22 heavy (non-hydrogen) atoms. The topological polar surface area (TPSA) is 61.8 Å². The Labute approximate surface area is 132 Å². The van der Waals surface area contributed by atoms with Crippen molar-refractivity contribution in [3.8, 4) is 11.5 Å². The number of Topliss-reactive ketones (excluding diaryl/α,β-unsaturated/α-hetero) is 1. The van der Waals surface area contributed by atoms with Crippen LogP contribution in [0.5, 0.6) is 11.5 Å². The second-order valence-corrected chi connectivity index (χ2v) is 6.16. The molecule has 1 unspecified atom stereocenters. The van der Waals surface area contributed by atoms with Crippen LogP contribution in [0.2, 0.25) is 0 Å². The number of carbonyl (C=O) groups excluding carboxylic acids is 1. The molecular formula is C17H26N2O3. The molecule has 5 nitrogen and oxygen atoms in total. The van der Waals surface area contributed by atoms with Crippen LogP contribution in [0.4, 0.5) is 0 Å². The molecule has 0 amide bonds. The van der Waals surface area contributed by atoms with E-state index in [1.165, 1.54) is 6.07 Å². The van der Waals surface area contributed by atoms with Crippen LogP contribution in [-0.2, 0) is 0 Å². The van der Waals surface area contributed by atoms with Gasteiger partial charge in [0.1, 0.15) is 11.5 Å². The number of phenolic OH excluding ortho intramolecular Hbond substituents is 1. The van der Waals surface area contributed by atoms with Gasteiger partial charge < -0.3 is 20.1 Å². The molecule has 1 saturated heterocycles. The van der Waals surface area contributed by atoms with Gasteiger partial charge in [-0.15, -0.1) is 0 Å². The van der Waals surface area contributed by atoms with E-state index >= 15 is 0 Å². The molecule has 0 aliphatic carbocycles. The van der Waals surface area contributed by atoms with Crippen molar-refractivity contribution >= 4 is 5.78 Å². The molecule has 2 N–H and O–H groups in total. The molecule has 0 spiro atoms. The minimum atomic E-state index is -0.154. The summed E-state index contributed by atoms with van der Waals surface area (Å²) in [5, 5.41) is 13.3. The Balaban J connectivity index is 2.06. The van der Waals surface area contributed by atoms with Gasteiger partial charge in [-0.25, -0.2) is 0 Å². The number of rotatable bonds is 6. The minimum absolute atomic E-state index is 0.0215. The van der Waals surface area contributed by atoms with Crippen molar-refractivity contribution in [2.45, 2.75) is 26.9 Å². The minimum Gasteiger partial charge on any atom is -0.507 e. The number of aromatic hydroxyl groups is 1. The number of phenols is 1. The number of benzene rings is 1. The smallest absolute Gasteiger partial charge is 0.170 e. The lowest BCUT2D eigenvalue weighted by atomic mass is 9.97. The molecule has 122 valence electrons. The highest BCUT2D eigenvalue weighted by atomic mass is 16.5. The Morgan fingerprint density at radius 2 is 2.00 bits per heavy atom. The van der Waals surface area contributed by atoms with E-state index in [1.54, 1.807) is 12.1 Å². The highest BCUT2D eigenvalue weighted by molar-refractivity contribution is 6.00. The summed E-state index contributed by atoms with van der Waals surface area (Å²) in [6.07, 6.45) is 0.0331. The third-order valence-corrected chi connectivity index (χ3v) is 3.79. The van der Waals surface area contributed by atoms with Gasteiger partial charge in [0.15, 0.2) is 5.78 Å². The van der Waals surface area contributed by atoms with Crippen LogP contribution in [0.1, 0.15) is 31.1 Å². The normalized spacial score (nSPS) is 17.5. The van der Waals surface area contributed by atoms with Gasteiger partial charge in [-0.2, -0.15) is 0 Å². The van der Waals surface area contributed by atoms with Gasteiger partial charge in [0.25, 0.3) is 0 Å². The maximum absolute atomic E-state index is 12.6. The number of ketones is 1. The predicted octanol–water partition coefficient (Wildman–Crippen LogP) is 1.90. The number of piperazine rings is 1. The van der Waals surface area contributed by atoms with Crippen molar-refractivity contribution in [2.24, 2.45) is 5.92 Å². The zero-order valence-corrected chi connectivity index (χ0v) is 13.6. The van der Waals surface area contributed by atoms with Crippen molar-refractivity contribution in [1.29, 1.82) is 0 Å². The van der Waals surface area contributed by atoms with Crippen LogP contribution >= 0.6 is 0 Å². The molecule has 5 heteroatoms. The Morgan fingerprint density at radius 3 is 2.64 bits per heavy atom. The molecule has 1 atom stereocenters. The lowest BCUT2D eigenvalue weighted by Crippen LogP contribution is -2.45. The molecule has 0 saturated carbocycles. The Morgan fingerprint density at radius 1 is 1.32 bits per heavy atom.